The molecule has 1 unspecified atom stereocenters. The number of aromatic nitrogens is 3. The van der Waals surface area contributed by atoms with Gasteiger partial charge in [-0.1, -0.05) is 0 Å². The van der Waals surface area contributed by atoms with Gasteiger partial charge in [-0.2, -0.15) is 28.1 Å². The smallest absolute Gasteiger partial charge is 0.391 e. The average molecular weight is 279 g/mol. The highest BCUT2D eigenvalue weighted by Crippen LogP contribution is 2.23. The molecule has 0 fully saturated rings. The van der Waals surface area contributed by atoms with Gasteiger partial charge in [0.1, 0.15) is 0 Å². The van der Waals surface area contributed by atoms with Gasteiger partial charge in [-0.3, -0.25) is 0 Å². The van der Waals surface area contributed by atoms with Gasteiger partial charge < -0.3 is 15.8 Å². The van der Waals surface area contributed by atoms with Gasteiger partial charge in [0.05, 0.1) is 12.5 Å². The van der Waals surface area contributed by atoms with E-state index in [1.807, 2.05) is 0 Å². The van der Waals surface area contributed by atoms with Crippen molar-refractivity contribution in [1.29, 1.82) is 0 Å². The number of alkyl halides is 3. The first-order valence-electron chi connectivity index (χ1n) is 5.67. The Hall–Kier alpha value is -1.80. The van der Waals surface area contributed by atoms with Gasteiger partial charge in [0, 0.05) is 6.04 Å². The van der Waals surface area contributed by atoms with Crippen molar-refractivity contribution in [3.63, 3.8) is 0 Å². The largest absolute Gasteiger partial charge is 0.461 e. The summed E-state index contributed by atoms with van der Waals surface area (Å²) in [6.07, 6.45) is -5.44. The van der Waals surface area contributed by atoms with Crippen LogP contribution in [0.3, 0.4) is 0 Å². The number of hydrogen-bond acceptors (Lipinski definition) is 6. The molecule has 1 atom stereocenters. The van der Waals surface area contributed by atoms with E-state index in [2.05, 4.69) is 20.3 Å². The van der Waals surface area contributed by atoms with Crippen LogP contribution < -0.4 is 15.8 Å². The number of rotatable bonds is 5. The molecular formula is C10H16F3N5O. The Morgan fingerprint density at radius 2 is 1.84 bits per heavy atom. The van der Waals surface area contributed by atoms with E-state index in [4.69, 9.17) is 10.5 Å². The van der Waals surface area contributed by atoms with E-state index in [1.165, 1.54) is 6.92 Å². The molecule has 0 aromatic carbocycles. The maximum absolute atomic E-state index is 12.2. The van der Waals surface area contributed by atoms with E-state index in [-0.39, 0.29) is 24.0 Å². The van der Waals surface area contributed by atoms with E-state index in [0.717, 1.165) is 0 Å². The number of hydrogen-bond donors (Lipinski definition) is 2. The second kappa shape index (κ2) is 5.89. The van der Waals surface area contributed by atoms with Gasteiger partial charge in [-0.05, 0) is 20.8 Å². The summed E-state index contributed by atoms with van der Waals surface area (Å²) in [5.74, 6) is -0.160. The summed E-state index contributed by atoms with van der Waals surface area (Å²) in [5, 5.41) is 2.51. The number of nitrogens with one attached hydrogen (secondary N) is 1. The lowest BCUT2D eigenvalue weighted by molar-refractivity contribution is -0.136. The summed E-state index contributed by atoms with van der Waals surface area (Å²) in [6, 6.07) is -0.905. The lowest BCUT2D eigenvalue weighted by atomic mass is 10.2. The zero-order valence-corrected chi connectivity index (χ0v) is 10.8. The molecule has 1 rings (SSSR count). The van der Waals surface area contributed by atoms with Crippen LogP contribution in [0.2, 0.25) is 0 Å². The Morgan fingerprint density at radius 3 is 2.37 bits per heavy atom. The third kappa shape index (κ3) is 6.07. The van der Waals surface area contributed by atoms with Gasteiger partial charge >= 0.3 is 12.2 Å². The molecule has 0 amide bonds. The van der Waals surface area contributed by atoms with Crippen LogP contribution >= 0.6 is 0 Å². The first-order chi connectivity index (χ1) is 8.65. The molecule has 0 radical (unpaired) electrons. The number of ether oxygens (including phenoxy) is 1. The standard InChI is InChI=1S/C10H16F3N5O/c1-5(2)19-9-17-7(14)16-8(18-9)15-6(3)4-10(11,12)13/h5-6H,4H2,1-3H3,(H3,14,15,16,17,18). The highest BCUT2D eigenvalue weighted by Gasteiger charge is 2.30. The Kier molecular flexibility index (Phi) is 4.73. The van der Waals surface area contributed by atoms with E-state index in [1.54, 1.807) is 13.8 Å². The van der Waals surface area contributed by atoms with Crippen molar-refractivity contribution in [2.75, 3.05) is 11.1 Å². The van der Waals surface area contributed by atoms with Gasteiger partial charge in [-0.15, -0.1) is 0 Å². The van der Waals surface area contributed by atoms with E-state index in [0.29, 0.717) is 0 Å². The minimum Gasteiger partial charge on any atom is -0.461 e. The lowest BCUT2D eigenvalue weighted by Crippen LogP contribution is -2.25. The lowest BCUT2D eigenvalue weighted by Gasteiger charge is -2.16. The molecule has 0 aliphatic rings. The SMILES string of the molecule is CC(CC(F)(F)F)Nc1nc(N)nc(OC(C)C)n1. The summed E-state index contributed by atoms with van der Waals surface area (Å²) in [7, 11) is 0. The molecule has 0 saturated heterocycles. The van der Waals surface area contributed by atoms with Crippen LogP contribution in [0.15, 0.2) is 0 Å². The number of halogens is 3. The summed E-state index contributed by atoms with van der Waals surface area (Å²) in [6.45, 7) is 4.90. The maximum atomic E-state index is 12.2. The second-order valence-electron chi connectivity index (χ2n) is 4.33. The van der Waals surface area contributed by atoms with Crippen LogP contribution in [0, 0.1) is 0 Å². The molecule has 108 valence electrons. The van der Waals surface area contributed by atoms with Gasteiger partial charge in [-0.25, -0.2) is 0 Å². The third-order valence-corrected chi connectivity index (χ3v) is 1.89. The normalized spacial score (nSPS) is 13.4. The summed E-state index contributed by atoms with van der Waals surface area (Å²) >= 11 is 0. The van der Waals surface area contributed by atoms with E-state index in [9.17, 15) is 13.2 Å². The molecule has 3 N–H and O–H groups in total. The Balaban J connectivity index is 2.75. The number of anilines is 2. The fourth-order valence-corrected chi connectivity index (χ4v) is 1.32. The molecule has 9 heteroatoms. The quantitative estimate of drug-likeness (QED) is 0.857. The van der Waals surface area contributed by atoms with E-state index < -0.39 is 18.6 Å². The molecule has 0 bridgehead atoms. The Bertz CT molecular complexity index is 424. The van der Waals surface area contributed by atoms with Gasteiger partial charge in [0.2, 0.25) is 11.9 Å². The van der Waals surface area contributed by atoms with Crippen molar-refractivity contribution in [3.8, 4) is 6.01 Å². The predicted octanol–water partition coefficient (Wildman–Crippen LogP) is 1.99. The van der Waals surface area contributed by atoms with Crippen LogP contribution in [0.1, 0.15) is 27.2 Å². The first kappa shape index (κ1) is 15.3. The second-order valence-corrected chi connectivity index (χ2v) is 4.33. The summed E-state index contributed by atoms with van der Waals surface area (Å²) < 4.78 is 41.8. The maximum Gasteiger partial charge on any atom is 0.391 e. The number of nitrogens with two attached hydrogens (primary N) is 1. The van der Waals surface area contributed by atoms with Crippen molar-refractivity contribution < 1.29 is 17.9 Å². The van der Waals surface area contributed by atoms with E-state index >= 15 is 0 Å². The average Bonchev–Trinajstić information content (AvgIpc) is 2.10. The Labute approximate surface area is 108 Å². The fourth-order valence-electron chi connectivity index (χ4n) is 1.32. The van der Waals surface area contributed by atoms with Crippen molar-refractivity contribution in [3.05, 3.63) is 0 Å². The highest BCUT2D eigenvalue weighted by atomic mass is 19.4. The molecule has 0 aliphatic heterocycles. The van der Waals surface area contributed by atoms with Crippen LogP contribution in [0.5, 0.6) is 6.01 Å². The first-order valence-corrected chi connectivity index (χ1v) is 5.67. The topological polar surface area (TPSA) is 86.0 Å². The third-order valence-electron chi connectivity index (χ3n) is 1.89. The van der Waals surface area contributed by atoms with Crippen LogP contribution in [-0.2, 0) is 0 Å². The summed E-state index contributed by atoms with van der Waals surface area (Å²) in [4.78, 5) is 11.3. The predicted molar refractivity (Wildman–Crippen MR) is 63.8 cm³/mol. The highest BCUT2D eigenvalue weighted by molar-refractivity contribution is 5.33. The fraction of sp³-hybridized carbons (Fsp3) is 0.700. The molecule has 0 saturated carbocycles. The number of nitrogen functional groups attached to an aromatic ring is 1. The monoisotopic (exact) mass is 279 g/mol. The van der Waals surface area contributed by atoms with Gasteiger partial charge in [0.25, 0.3) is 0 Å². The molecule has 1 aromatic rings. The van der Waals surface area contributed by atoms with Crippen molar-refractivity contribution in [2.24, 2.45) is 0 Å². The number of nitrogens with zero attached hydrogens (tertiary/aromatic N) is 3. The zero-order valence-electron chi connectivity index (χ0n) is 10.8. The summed E-state index contributed by atoms with van der Waals surface area (Å²) in [5.41, 5.74) is 5.43. The molecule has 6 nitrogen and oxygen atoms in total. The van der Waals surface area contributed by atoms with Crippen molar-refractivity contribution in [2.45, 2.75) is 45.5 Å². The minimum atomic E-state index is -4.26. The van der Waals surface area contributed by atoms with Crippen molar-refractivity contribution >= 4 is 11.9 Å². The van der Waals surface area contributed by atoms with Gasteiger partial charge in [0.15, 0.2) is 0 Å². The van der Waals surface area contributed by atoms with Crippen LogP contribution in [-0.4, -0.2) is 33.3 Å². The molecule has 1 aromatic heterocycles. The molecular weight excluding hydrogens is 263 g/mol. The molecule has 1 heterocycles. The van der Waals surface area contributed by atoms with Crippen molar-refractivity contribution in [1.82, 2.24) is 15.0 Å². The molecule has 0 aliphatic carbocycles. The van der Waals surface area contributed by atoms with Crippen LogP contribution in [0.25, 0.3) is 0 Å². The molecule has 19 heavy (non-hydrogen) atoms. The zero-order chi connectivity index (χ0) is 14.6. The Morgan fingerprint density at radius 1 is 1.21 bits per heavy atom. The minimum absolute atomic E-state index is 0.0239. The molecule has 0 spiro atoms. The van der Waals surface area contributed by atoms with Crippen LogP contribution in [0.4, 0.5) is 25.1 Å².